The van der Waals surface area contributed by atoms with E-state index >= 15 is 0 Å². The van der Waals surface area contributed by atoms with Gasteiger partial charge in [0.1, 0.15) is 0 Å². The predicted octanol–water partition coefficient (Wildman–Crippen LogP) is 1.64. The molecular formula is C14H10B2O2Pt. The molecule has 0 saturated carbocycles. The Morgan fingerprint density at radius 2 is 1.05 bits per heavy atom. The Morgan fingerprint density at radius 3 is 1.26 bits per heavy atom. The monoisotopic (exact) mass is 427 g/mol. The molecule has 0 spiro atoms. The van der Waals surface area contributed by atoms with Crippen LogP contribution in [0.3, 0.4) is 0 Å². The molecule has 5 heteroatoms. The SMILES string of the molecule is [B][B].[CH-]=O.[CH-]=O.[Pt+4].[c-]1ccccc1-c1[c-]cccc1. The van der Waals surface area contributed by atoms with Gasteiger partial charge in [0, 0.05) is 15.5 Å². The zero-order valence-electron chi connectivity index (χ0n) is 10.1. The van der Waals surface area contributed by atoms with Crippen molar-refractivity contribution in [2.24, 2.45) is 0 Å². The summed E-state index contributed by atoms with van der Waals surface area (Å²) in [6.45, 7) is 6.50. The van der Waals surface area contributed by atoms with E-state index in [1.54, 1.807) is 0 Å². The summed E-state index contributed by atoms with van der Waals surface area (Å²) in [5.41, 5.74) is 2.19. The summed E-state index contributed by atoms with van der Waals surface area (Å²) >= 11 is 0. The first kappa shape index (κ1) is 22.8. The average molecular weight is 427 g/mol. The van der Waals surface area contributed by atoms with E-state index < -0.39 is 0 Å². The van der Waals surface area contributed by atoms with Crippen LogP contribution in [0, 0.1) is 12.1 Å². The molecule has 4 radical (unpaired) electrons. The van der Waals surface area contributed by atoms with Crippen molar-refractivity contribution >= 4 is 29.1 Å². The molecule has 19 heavy (non-hydrogen) atoms. The predicted molar refractivity (Wildman–Crippen MR) is 74.6 cm³/mol. The topological polar surface area (TPSA) is 34.1 Å². The van der Waals surface area contributed by atoms with Crippen molar-refractivity contribution in [1.29, 1.82) is 0 Å². The third kappa shape index (κ3) is 10.2. The molecule has 2 aromatic carbocycles. The molecule has 0 aliphatic rings. The van der Waals surface area contributed by atoms with Crippen molar-refractivity contribution in [2.45, 2.75) is 0 Å². The third-order valence-electron chi connectivity index (χ3n) is 1.71. The van der Waals surface area contributed by atoms with Gasteiger partial charge in [-0.15, -0.1) is 12.1 Å². The van der Waals surface area contributed by atoms with Crippen LogP contribution in [0.15, 0.2) is 48.5 Å². The Labute approximate surface area is 131 Å². The van der Waals surface area contributed by atoms with Crippen molar-refractivity contribution in [3.8, 4) is 11.1 Å². The van der Waals surface area contributed by atoms with Crippen LogP contribution in [0.2, 0.25) is 0 Å². The van der Waals surface area contributed by atoms with E-state index in [2.05, 4.69) is 41.2 Å². The number of rotatable bonds is 1. The fourth-order valence-corrected chi connectivity index (χ4v) is 1.12. The summed E-state index contributed by atoms with van der Waals surface area (Å²) < 4.78 is 0. The van der Waals surface area contributed by atoms with Crippen LogP contribution in [0.5, 0.6) is 0 Å². The van der Waals surface area contributed by atoms with Gasteiger partial charge in [0.2, 0.25) is 0 Å². The van der Waals surface area contributed by atoms with E-state index in [0.717, 1.165) is 11.1 Å². The minimum Gasteiger partial charge on any atom is -0.545 e. The van der Waals surface area contributed by atoms with Gasteiger partial charge in [-0.25, -0.2) is 11.1 Å². The van der Waals surface area contributed by atoms with Crippen LogP contribution in [0.25, 0.3) is 11.1 Å². The standard InChI is InChI=1S/C12H8.2CHO.B2.Pt/c1-3-7-11(8-4-1)12-9-5-2-6-10-12;3*1-2;/h1-7,9H;2*1H;;/q-2;2*-1;;+4. The van der Waals surface area contributed by atoms with Crippen LogP contribution in [-0.2, 0) is 30.7 Å². The van der Waals surface area contributed by atoms with Gasteiger partial charge in [-0.05, 0) is 0 Å². The number of hydrogen-bond donors (Lipinski definition) is 0. The minimum absolute atomic E-state index is 0. The number of hydrogen-bond acceptors (Lipinski definition) is 2. The summed E-state index contributed by atoms with van der Waals surface area (Å²) in [6.07, 6.45) is 0. The Morgan fingerprint density at radius 1 is 0.737 bits per heavy atom. The van der Waals surface area contributed by atoms with Gasteiger partial charge in [0.15, 0.2) is 0 Å². The first-order valence-corrected chi connectivity index (χ1v) is 4.71. The second kappa shape index (κ2) is 19.0. The van der Waals surface area contributed by atoms with E-state index in [-0.39, 0.29) is 21.1 Å². The van der Waals surface area contributed by atoms with Gasteiger partial charge in [-0.3, -0.25) is 13.6 Å². The molecule has 0 aliphatic heterocycles. The quantitative estimate of drug-likeness (QED) is 0.395. The minimum atomic E-state index is 0. The maximum atomic E-state index is 7.75. The van der Waals surface area contributed by atoms with Gasteiger partial charge in [0.05, 0.1) is 0 Å². The molecule has 0 aromatic heterocycles. The third-order valence-corrected chi connectivity index (χ3v) is 1.71. The summed E-state index contributed by atoms with van der Waals surface area (Å²) in [5.74, 6) is 0. The number of benzene rings is 2. The van der Waals surface area contributed by atoms with Crippen LogP contribution in [0.4, 0.5) is 0 Å². The molecule has 2 aromatic rings. The molecule has 0 aliphatic carbocycles. The zero-order valence-corrected chi connectivity index (χ0v) is 12.3. The molecule has 94 valence electrons. The molecule has 0 N–H and O–H groups in total. The van der Waals surface area contributed by atoms with Gasteiger partial charge < -0.3 is 9.59 Å². The average Bonchev–Trinajstić information content (AvgIpc) is 2.55. The summed E-state index contributed by atoms with van der Waals surface area (Å²) in [5, 5.41) is 0. The summed E-state index contributed by atoms with van der Waals surface area (Å²) in [7, 11) is 8.00. The Bertz CT molecular complexity index is 346. The van der Waals surface area contributed by atoms with Gasteiger partial charge in [-0.1, -0.05) is 0 Å². The van der Waals surface area contributed by atoms with Gasteiger partial charge in [-0.2, -0.15) is 48.5 Å². The molecule has 0 amide bonds. The summed E-state index contributed by atoms with van der Waals surface area (Å²) in [6, 6.07) is 22.1. The molecule has 0 fully saturated rings. The zero-order chi connectivity index (χ0) is 14.2. The smallest absolute Gasteiger partial charge is 0.545 e. The molecule has 0 atom stereocenters. The van der Waals surface area contributed by atoms with E-state index in [9.17, 15) is 0 Å². The summed E-state index contributed by atoms with van der Waals surface area (Å²) in [4.78, 5) is 15.5. The van der Waals surface area contributed by atoms with Crippen LogP contribution in [-0.4, -0.2) is 29.1 Å². The fourth-order valence-electron chi connectivity index (χ4n) is 1.12. The van der Waals surface area contributed by atoms with Crippen molar-refractivity contribution in [3.63, 3.8) is 0 Å². The normalized spacial score (nSPS) is 6.74. The molecular weight excluding hydrogens is 417 g/mol. The largest absolute Gasteiger partial charge is 4.00 e. The Kier molecular flexibility index (Phi) is 22.7. The Hall–Kier alpha value is -1.40. The van der Waals surface area contributed by atoms with E-state index in [1.165, 1.54) is 0 Å². The Balaban J connectivity index is -0.000000325. The van der Waals surface area contributed by atoms with Gasteiger partial charge in [0.25, 0.3) is 0 Å². The molecule has 0 unspecified atom stereocenters. The number of carbonyl (C=O) groups excluding carboxylic acids is 2. The second-order valence-corrected chi connectivity index (χ2v) is 2.55. The van der Waals surface area contributed by atoms with Crippen LogP contribution >= 0.6 is 0 Å². The van der Waals surface area contributed by atoms with E-state index in [1.807, 2.05) is 48.5 Å². The van der Waals surface area contributed by atoms with Gasteiger partial charge >= 0.3 is 21.1 Å². The van der Waals surface area contributed by atoms with Crippen molar-refractivity contribution in [2.75, 3.05) is 0 Å². The molecule has 2 nitrogen and oxygen atoms in total. The first-order valence-electron chi connectivity index (χ1n) is 4.71. The molecule has 2 rings (SSSR count). The second-order valence-electron chi connectivity index (χ2n) is 2.55. The van der Waals surface area contributed by atoms with Crippen molar-refractivity contribution in [1.82, 2.24) is 0 Å². The van der Waals surface area contributed by atoms with Crippen LogP contribution < -0.4 is 0 Å². The van der Waals surface area contributed by atoms with Crippen LogP contribution in [0.1, 0.15) is 0 Å². The fraction of sp³-hybridized carbons (Fsp3) is 0. The molecule has 0 bridgehead atoms. The maximum absolute atomic E-state index is 7.75. The first-order chi connectivity index (χ1) is 8.97. The molecule has 0 heterocycles. The van der Waals surface area contributed by atoms with Crippen molar-refractivity contribution < 1.29 is 30.7 Å². The molecule has 0 saturated heterocycles. The van der Waals surface area contributed by atoms with E-state index in [4.69, 9.17) is 9.59 Å². The maximum Gasteiger partial charge on any atom is 4.00 e. The van der Waals surface area contributed by atoms with E-state index in [0.29, 0.717) is 0 Å². The van der Waals surface area contributed by atoms with Crippen molar-refractivity contribution in [3.05, 3.63) is 60.7 Å².